The van der Waals surface area contributed by atoms with Crippen molar-refractivity contribution >= 4 is 11.8 Å². The second-order valence-electron chi connectivity index (χ2n) is 3.25. The zero-order valence-electron chi connectivity index (χ0n) is 7.47. The van der Waals surface area contributed by atoms with Crippen LogP contribution >= 0.6 is 11.8 Å². The van der Waals surface area contributed by atoms with Crippen molar-refractivity contribution in [2.45, 2.75) is 20.3 Å². The van der Waals surface area contributed by atoms with Crippen molar-refractivity contribution in [3.8, 4) is 0 Å². The molecule has 0 radical (unpaired) electrons. The smallest absolute Gasteiger partial charge is 0.0634 e. The molecule has 0 amide bonds. The Morgan fingerprint density at radius 2 is 2.27 bits per heavy atom. The number of thioether (sulfide) groups is 1. The summed E-state index contributed by atoms with van der Waals surface area (Å²) in [5.41, 5.74) is 0. The molecule has 0 N–H and O–H groups in total. The van der Waals surface area contributed by atoms with Crippen LogP contribution in [0.2, 0.25) is 0 Å². The van der Waals surface area contributed by atoms with Crippen LogP contribution in [-0.4, -0.2) is 23.7 Å². The molecule has 11 heavy (non-hydrogen) atoms. The van der Waals surface area contributed by atoms with E-state index in [4.69, 9.17) is 0 Å². The summed E-state index contributed by atoms with van der Waals surface area (Å²) in [4.78, 5) is 2.37. The quantitative estimate of drug-likeness (QED) is 0.639. The molecule has 0 aromatic rings. The predicted octanol–water partition coefficient (Wildman–Crippen LogP) is 2.55. The first kappa shape index (κ1) is 8.98. The molecule has 0 bridgehead atoms. The van der Waals surface area contributed by atoms with Crippen molar-refractivity contribution in [3.05, 3.63) is 11.6 Å². The fourth-order valence-electron chi connectivity index (χ4n) is 1.21. The van der Waals surface area contributed by atoms with Gasteiger partial charge in [-0.15, -0.1) is 11.8 Å². The lowest BCUT2D eigenvalue weighted by molar-refractivity contribution is 0.172. The first-order valence-corrected chi connectivity index (χ1v) is 5.29. The van der Waals surface area contributed by atoms with Crippen molar-refractivity contribution < 1.29 is 0 Å². The normalized spacial score (nSPS) is 18.2. The molecule has 0 aromatic heterocycles. The van der Waals surface area contributed by atoms with Crippen LogP contribution in [-0.2, 0) is 0 Å². The molecule has 1 aliphatic heterocycles. The van der Waals surface area contributed by atoms with Gasteiger partial charge in [0.1, 0.15) is 0 Å². The van der Waals surface area contributed by atoms with E-state index in [0.717, 1.165) is 5.92 Å². The highest BCUT2D eigenvalue weighted by atomic mass is 32.2. The second-order valence-corrected chi connectivity index (χ2v) is 4.42. The molecule has 0 aromatic carbocycles. The molecule has 2 heteroatoms. The van der Waals surface area contributed by atoms with E-state index >= 15 is 0 Å². The summed E-state index contributed by atoms with van der Waals surface area (Å²) in [5.74, 6) is 2.10. The molecular formula is C9H17NS. The maximum atomic E-state index is 4.04. The number of likely N-dealkylation sites (tertiary alicyclic amines) is 1. The van der Waals surface area contributed by atoms with E-state index in [1.165, 1.54) is 30.3 Å². The molecule has 1 nitrogen and oxygen atoms in total. The van der Waals surface area contributed by atoms with Gasteiger partial charge in [-0.2, -0.15) is 0 Å². The second kappa shape index (κ2) is 4.05. The summed E-state index contributed by atoms with van der Waals surface area (Å²) in [6.07, 6.45) is 1.24. The van der Waals surface area contributed by atoms with Crippen LogP contribution in [0.15, 0.2) is 11.6 Å². The van der Waals surface area contributed by atoms with E-state index in [1.54, 1.807) is 0 Å². The number of rotatable bonds is 4. The monoisotopic (exact) mass is 171 g/mol. The summed E-state index contributed by atoms with van der Waals surface area (Å²) in [6.45, 7) is 11.0. The number of hydrogen-bond donors (Lipinski definition) is 0. The average molecular weight is 171 g/mol. The minimum atomic E-state index is 0.883. The number of nitrogens with zero attached hydrogens (tertiary/aromatic N) is 1. The highest BCUT2D eigenvalue weighted by Gasteiger charge is 2.22. The Labute approximate surface area is 73.8 Å². The van der Waals surface area contributed by atoms with Crippen LogP contribution in [0, 0.1) is 5.92 Å². The highest BCUT2D eigenvalue weighted by molar-refractivity contribution is 8.02. The van der Waals surface area contributed by atoms with Crippen molar-refractivity contribution in [1.29, 1.82) is 0 Å². The van der Waals surface area contributed by atoms with Gasteiger partial charge in [-0.3, -0.25) is 0 Å². The standard InChI is InChI=1S/C9H17NS/c1-4-5-11-9(3)10-6-8(2)7-10/h8H,3-7H2,1-2H3. The van der Waals surface area contributed by atoms with E-state index < -0.39 is 0 Å². The molecule has 1 heterocycles. The highest BCUT2D eigenvalue weighted by Crippen LogP contribution is 2.26. The van der Waals surface area contributed by atoms with Crippen molar-refractivity contribution in [3.63, 3.8) is 0 Å². The van der Waals surface area contributed by atoms with Crippen molar-refractivity contribution in [1.82, 2.24) is 4.90 Å². The summed E-state index contributed by atoms with van der Waals surface area (Å²) in [6, 6.07) is 0. The Kier molecular flexibility index (Phi) is 3.31. The summed E-state index contributed by atoms with van der Waals surface area (Å²) < 4.78 is 0. The summed E-state index contributed by atoms with van der Waals surface area (Å²) in [5, 5.41) is 1.27. The van der Waals surface area contributed by atoms with Crippen LogP contribution in [0.5, 0.6) is 0 Å². The molecule has 0 unspecified atom stereocenters. The SMILES string of the molecule is C=C(SCCC)N1CC(C)C1. The Balaban J connectivity index is 2.11. The van der Waals surface area contributed by atoms with E-state index in [1.807, 2.05) is 11.8 Å². The molecular weight excluding hydrogens is 154 g/mol. The summed E-state index contributed by atoms with van der Waals surface area (Å²) in [7, 11) is 0. The van der Waals surface area contributed by atoms with Gasteiger partial charge in [-0.25, -0.2) is 0 Å². The largest absolute Gasteiger partial charge is 0.366 e. The molecule has 64 valence electrons. The summed E-state index contributed by atoms with van der Waals surface area (Å²) >= 11 is 1.89. The average Bonchev–Trinajstić information content (AvgIpc) is 1.94. The molecule has 1 aliphatic rings. The molecule has 0 aliphatic carbocycles. The first-order chi connectivity index (χ1) is 5.24. The zero-order chi connectivity index (χ0) is 8.27. The van der Waals surface area contributed by atoms with Gasteiger partial charge >= 0.3 is 0 Å². The van der Waals surface area contributed by atoms with Gasteiger partial charge in [0.2, 0.25) is 0 Å². The van der Waals surface area contributed by atoms with Gasteiger partial charge in [0.15, 0.2) is 0 Å². The van der Waals surface area contributed by atoms with E-state index in [-0.39, 0.29) is 0 Å². The van der Waals surface area contributed by atoms with Gasteiger partial charge in [-0.05, 0) is 18.1 Å². The first-order valence-electron chi connectivity index (χ1n) is 4.30. The molecule has 0 spiro atoms. The maximum absolute atomic E-state index is 4.04. The van der Waals surface area contributed by atoms with E-state index in [9.17, 15) is 0 Å². The Hall–Kier alpha value is -0.110. The molecule has 1 fully saturated rings. The molecule has 1 rings (SSSR count). The van der Waals surface area contributed by atoms with Gasteiger partial charge in [-0.1, -0.05) is 20.4 Å². The van der Waals surface area contributed by atoms with Crippen molar-refractivity contribution in [2.24, 2.45) is 5.92 Å². The zero-order valence-corrected chi connectivity index (χ0v) is 8.28. The van der Waals surface area contributed by atoms with Crippen LogP contribution in [0.3, 0.4) is 0 Å². The third-order valence-corrected chi connectivity index (χ3v) is 3.09. The fraction of sp³-hybridized carbons (Fsp3) is 0.778. The maximum Gasteiger partial charge on any atom is 0.0634 e. The fourth-order valence-corrected chi connectivity index (χ4v) is 1.99. The van der Waals surface area contributed by atoms with Crippen molar-refractivity contribution in [2.75, 3.05) is 18.8 Å². The lowest BCUT2D eigenvalue weighted by Crippen LogP contribution is -2.43. The lowest BCUT2D eigenvalue weighted by Gasteiger charge is -2.39. The predicted molar refractivity (Wildman–Crippen MR) is 52.6 cm³/mol. The number of hydrogen-bond acceptors (Lipinski definition) is 2. The molecule has 1 saturated heterocycles. The van der Waals surface area contributed by atoms with Crippen LogP contribution < -0.4 is 0 Å². The minimum absolute atomic E-state index is 0.883. The van der Waals surface area contributed by atoms with Gasteiger partial charge in [0.05, 0.1) is 5.03 Å². The topological polar surface area (TPSA) is 3.24 Å². The third-order valence-electron chi connectivity index (χ3n) is 1.89. The third kappa shape index (κ3) is 2.44. The van der Waals surface area contributed by atoms with E-state index in [2.05, 4.69) is 25.3 Å². The Bertz CT molecular complexity index is 138. The Morgan fingerprint density at radius 3 is 2.73 bits per heavy atom. The van der Waals surface area contributed by atoms with Crippen LogP contribution in [0.4, 0.5) is 0 Å². The Morgan fingerprint density at radius 1 is 1.64 bits per heavy atom. The minimum Gasteiger partial charge on any atom is -0.366 e. The van der Waals surface area contributed by atoms with E-state index in [0.29, 0.717) is 0 Å². The molecule has 0 saturated carbocycles. The van der Waals surface area contributed by atoms with Gasteiger partial charge in [0, 0.05) is 13.1 Å². The van der Waals surface area contributed by atoms with Gasteiger partial charge < -0.3 is 4.90 Å². The van der Waals surface area contributed by atoms with Crippen LogP contribution in [0.25, 0.3) is 0 Å². The lowest BCUT2D eigenvalue weighted by atomic mass is 10.0. The van der Waals surface area contributed by atoms with Crippen LogP contribution in [0.1, 0.15) is 20.3 Å². The van der Waals surface area contributed by atoms with Gasteiger partial charge in [0.25, 0.3) is 0 Å². The molecule has 0 atom stereocenters.